The van der Waals surface area contributed by atoms with Crippen LogP contribution in [0.2, 0.25) is 18.1 Å². The van der Waals surface area contributed by atoms with Gasteiger partial charge in [0.25, 0.3) is 0 Å². The number of carbonyl (C=O) groups excluding carboxylic acids is 1. The molecule has 0 unspecified atom stereocenters. The molecule has 0 saturated heterocycles. The number of amides is 1. The predicted octanol–water partition coefficient (Wildman–Crippen LogP) is 4.26. The number of carbonyl (C=O) groups is 1. The fraction of sp³-hybridized carbons (Fsp3) is 0.533. The average Bonchev–Trinajstić information content (AvgIpc) is 2.34. The smallest absolute Gasteiger partial charge is 0.411 e. The lowest BCUT2D eigenvalue weighted by atomic mass is 10.2. The van der Waals surface area contributed by atoms with Crippen molar-refractivity contribution < 1.29 is 14.0 Å². The standard InChI is InChI=1S/C15H25NO3Si/c1-15(2,3)20(4,5)19-12-11-18-14(17)16-13-9-7-6-8-10-13/h6-10H,11-12H2,1-5H3,(H,16,17). The summed E-state index contributed by atoms with van der Waals surface area (Å²) in [4.78, 5) is 11.6. The maximum absolute atomic E-state index is 11.6. The van der Waals surface area contributed by atoms with Crippen LogP contribution in [0.25, 0.3) is 0 Å². The van der Waals surface area contributed by atoms with E-state index >= 15 is 0 Å². The molecule has 1 rings (SSSR count). The molecule has 0 atom stereocenters. The maximum atomic E-state index is 11.6. The molecular weight excluding hydrogens is 270 g/mol. The zero-order chi connectivity index (χ0) is 15.2. The first-order chi connectivity index (χ1) is 9.22. The van der Waals surface area contributed by atoms with Gasteiger partial charge in [0, 0.05) is 5.69 Å². The summed E-state index contributed by atoms with van der Waals surface area (Å²) < 4.78 is 11.0. The number of rotatable bonds is 5. The first-order valence-corrected chi connectivity index (χ1v) is 9.76. The number of para-hydroxylation sites is 1. The molecule has 112 valence electrons. The van der Waals surface area contributed by atoms with Crippen molar-refractivity contribution in [1.29, 1.82) is 0 Å². The van der Waals surface area contributed by atoms with Gasteiger partial charge in [0.1, 0.15) is 6.61 Å². The Morgan fingerprint density at radius 1 is 1.15 bits per heavy atom. The van der Waals surface area contributed by atoms with Gasteiger partial charge in [-0.15, -0.1) is 0 Å². The Bertz CT molecular complexity index is 426. The molecule has 0 saturated carbocycles. The van der Waals surface area contributed by atoms with Crippen LogP contribution in [-0.4, -0.2) is 27.6 Å². The number of hydrogen-bond acceptors (Lipinski definition) is 3. The lowest BCUT2D eigenvalue weighted by Crippen LogP contribution is -2.41. The molecule has 1 aromatic rings. The van der Waals surface area contributed by atoms with E-state index < -0.39 is 14.4 Å². The van der Waals surface area contributed by atoms with Gasteiger partial charge in [-0.3, -0.25) is 5.32 Å². The number of benzene rings is 1. The summed E-state index contributed by atoms with van der Waals surface area (Å²) >= 11 is 0. The van der Waals surface area contributed by atoms with Crippen molar-refractivity contribution in [3.63, 3.8) is 0 Å². The van der Waals surface area contributed by atoms with Crippen LogP contribution < -0.4 is 5.32 Å². The Morgan fingerprint density at radius 2 is 1.75 bits per heavy atom. The third-order valence-corrected chi connectivity index (χ3v) is 8.14. The SMILES string of the molecule is CC(C)(C)[Si](C)(C)OCCOC(=O)Nc1ccccc1. The summed E-state index contributed by atoms with van der Waals surface area (Å²) in [7, 11) is -1.76. The summed E-state index contributed by atoms with van der Waals surface area (Å²) in [5, 5.41) is 2.83. The molecule has 0 fully saturated rings. The minimum Gasteiger partial charge on any atom is -0.447 e. The van der Waals surface area contributed by atoms with Crippen LogP contribution in [0, 0.1) is 0 Å². The molecule has 0 heterocycles. The molecule has 0 aliphatic rings. The number of nitrogens with one attached hydrogen (secondary N) is 1. The molecule has 1 amide bonds. The van der Waals surface area contributed by atoms with Gasteiger partial charge in [-0.2, -0.15) is 0 Å². The molecule has 1 N–H and O–H groups in total. The van der Waals surface area contributed by atoms with E-state index in [9.17, 15) is 4.79 Å². The van der Waals surface area contributed by atoms with E-state index in [4.69, 9.17) is 9.16 Å². The van der Waals surface area contributed by atoms with Crippen LogP contribution in [-0.2, 0) is 9.16 Å². The second kappa shape index (κ2) is 6.90. The van der Waals surface area contributed by atoms with Crippen LogP contribution in [0.3, 0.4) is 0 Å². The number of anilines is 1. The fourth-order valence-corrected chi connectivity index (χ4v) is 2.35. The Kier molecular flexibility index (Phi) is 5.77. The minimum atomic E-state index is -1.76. The van der Waals surface area contributed by atoms with Gasteiger partial charge in [0.05, 0.1) is 6.61 Å². The summed E-state index contributed by atoms with van der Waals surface area (Å²) in [6.45, 7) is 11.6. The second-order valence-corrected chi connectivity index (χ2v) is 11.0. The Hall–Kier alpha value is -1.33. The molecule has 0 aromatic heterocycles. The van der Waals surface area contributed by atoms with Gasteiger partial charge < -0.3 is 9.16 Å². The third-order valence-electron chi connectivity index (χ3n) is 3.61. The van der Waals surface area contributed by atoms with Gasteiger partial charge in [0.2, 0.25) is 0 Å². The van der Waals surface area contributed by atoms with Crippen molar-refractivity contribution >= 4 is 20.1 Å². The van der Waals surface area contributed by atoms with Crippen molar-refractivity contribution in [2.45, 2.75) is 38.9 Å². The fourth-order valence-electron chi connectivity index (χ4n) is 1.32. The van der Waals surface area contributed by atoms with Gasteiger partial charge in [0.15, 0.2) is 8.32 Å². The van der Waals surface area contributed by atoms with Crippen molar-refractivity contribution in [2.24, 2.45) is 0 Å². The molecule has 1 aromatic carbocycles. The zero-order valence-corrected chi connectivity index (χ0v) is 14.0. The molecule has 0 aliphatic carbocycles. The molecule has 0 bridgehead atoms. The first kappa shape index (κ1) is 16.7. The minimum absolute atomic E-state index is 0.166. The van der Waals surface area contributed by atoms with Crippen LogP contribution >= 0.6 is 0 Å². The van der Waals surface area contributed by atoms with E-state index in [-0.39, 0.29) is 11.6 Å². The molecule has 5 heteroatoms. The summed E-state index contributed by atoms with van der Waals surface area (Å²) in [5.74, 6) is 0. The van der Waals surface area contributed by atoms with Crippen molar-refractivity contribution in [3.8, 4) is 0 Å². The Morgan fingerprint density at radius 3 is 2.30 bits per heavy atom. The Balaban J connectivity index is 2.26. The monoisotopic (exact) mass is 295 g/mol. The van der Waals surface area contributed by atoms with Gasteiger partial charge in [-0.1, -0.05) is 39.0 Å². The molecular formula is C15H25NO3Si. The molecule has 0 radical (unpaired) electrons. The third kappa shape index (κ3) is 5.34. The molecule has 4 nitrogen and oxygen atoms in total. The normalized spacial score (nSPS) is 12.1. The van der Waals surface area contributed by atoms with Crippen molar-refractivity contribution in [1.82, 2.24) is 0 Å². The highest BCUT2D eigenvalue weighted by Gasteiger charge is 2.36. The van der Waals surface area contributed by atoms with E-state index in [1.54, 1.807) is 0 Å². The van der Waals surface area contributed by atoms with E-state index in [2.05, 4.69) is 39.2 Å². The maximum Gasteiger partial charge on any atom is 0.411 e. The average molecular weight is 295 g/mol. The largest absolute Gasteiger partial charge is 0.447 e. The van der Waals surface area contributed by atoms with E-state index in [0.29, 0.717) is 6.61 Å². The Labute approximate surface area is 122 Å². The summed E-state index contributed by atoms with van der Waals surface area (Å²) in [5.41, 5.74) is 0.725. The van der Waals surface area contributed by atoms with E-state index in [1.807, 2.05) is 30.3 Å². The van der Waals surface area contributed by atoms with Gasteiger partial charge in [-0.25, -0.2) is 4.79 Å². The first-order valence-electron chi connectivity index (χ1n) is 6.85. The van der Waals surface area contributed by atoms with Crippen molar-refractivity contribution in [3.05, 3.63) is 30.3 Å². The quantitative estimate of drug-likeness (QED) is 0.652. The van der Waals surface area contributed by atoms with E-state index in [0.717, 1.165) is 5.69 Å². The van der Waals surface area contributed by atoms with Crippen LogP contribution in [0.4, 0.5) is 10.5 Å². The van der Waals surface area contributed by atoms with Crippen LogP contribution in [0.15, 0.2) is 30.3 Å². The zero-order valence-electron chi connectivity index (χ0n) is 13.0. The number of hydrogen-bond donors (Lipinski definition) is 1. The second-order valence-electron chi connectivity index (χ2n) is 6.24. The number of ether oxygens (including phenoxy) is 1. The summed E-state index contributed by atoms with van der Waals surface area (Å²) in [6.07, 6.45) is -0.449. The van der Waals surface area contributed by atoms with E-state index in [1.165, 1.54) is 0 Å². The molecule has 0 spiro atoms. The highest BCUT2D eigenvalue weighted by molar-refractivity contribution is 6.74. The lowest BCUT2D eigenvalue weighted by Gasteiger charge is -2.36. The highest BCUT2D eigenvalue weighted by Crippen LogP contribution is 2.36. The van der Waals surface area contributed by atoms with Crippen LogP contribution in [0.1, 0.15) is 20.8 Å². The van der Waals surface area contributed by atoms with Crippen molar-refractivity contribution in [2.75, 3.05) is 18.5 Å². The molecule has 20 heavy (non-hydrogen) atoms. The summed E-state index contributed by atoms with van der Waals surface area (Å²) in [6, 6.07) is 9.23. The van der Waals surface area contributed by atoms with Gasteiger partial charge in [-0.05, 0) is 30.3 Å². The van der Waals surface area contributed by atoms with Crippen LogP contribution in [0.5, 0.6) is 0 Å². The predicted molar refractivity (Wildman–Crippen MR) is 84.6 cm³/mol. The molecule has 0 aliphatic heterocycles. The van der Waals surface area contributed by atoms with Gasteiger partial charge >= 0.3 is 6.09 Å². The lowest BCUT2D eigenvalue weighted by molar-refractivity contribution is 0.133. The highest BCUT2D eigenvalue weighted by atomic mass is 28.4. The topological polar surface area (TPSA) is 47.6 Å².